The van der Waals surface area contributed by atoms with Gasteiger partial charge in [0.15, 0.2) is 0 Å². The molecule has 7 heteroatoms. The molecule has 24 heavy (non-hydrogen) atoms. The zero-order valence-electron chi connectivity index (χ0n) is 13.7. The normalized spacial score (nSPS) is 13.8. The Labute approximate surface area is 140 Å². The number of nitrogens with one attached hydrogen (secondary N) is 2. The smallest absolute Gasteiger partial charge is 0.338 e. The average molecular weight is 332 g/mol. The number of carbonyl (C=O) groups excluding carboxylic acids is 3. The van der Waals surface area contributed by atoms with Gasteiger partial charge in [-0.05, 0) is 31.0 Å². The van der Waals surface area contributed by atoms with Crippen molar-refractivity contribution in [1.29, 1.82) is 0 Å². The molecule has 1 aromatic carbocycles. The molecular formula is C17H20N2O5. The van der Waals surface area contributed by atoms with Gasteiger partial charge in [0.1, 0.15) is 6.61 Å². The molecule has 0 bridgehead atoms. The van der Waals surface area contributed by atoms with Crippen LogP contribution in [0.3, 0.4) is 0 Å². The van der Waals surface area contributed by atoms with Crippen LogP contribution in [0.5, 0.6) is 0 Å². The van der Waals surface area contributed by atoms with Crippen LogP contribution in [0.15, 0.2) is 35.5 Å². The molecule has 0 unspecified atom stereocenters. The van der Waals surface area contributed by atoms with E-state index in [9.17, 15) is 14.4 Å². The van der Waals surface area contributed by atoms with Gasteiger partial charge in [-0.15, -0.1) is 0 Å². The zero-order valence-corrected chi connectivity index (χ0v) is 13.7. The number of aryl methyl sites for hydroxylation is 1. The second kappa shape index (κ2) is 8.14. The molecule has 2 rings (SSSR count). The molecule has 1 heterocycles. The molecule has 0 spiro atoms. The van der Waals surface area contributed by atoms with Crippen LogP contribution >= 0.6 is 0 Å². The van der Waals surface area contributed by atoms with E-state index in [2.05, 4.69) is 10.6 Å². The molecule has 0 atom stereocenters. The highest BCUT2D eigenvalue weighted by atomic mass is 16.5. The van der Waals surface area contributed by atoms with Gasteiger partial charge in [0.2, 0.25) is 0 Å². The molecule has 7 nitrogen and oxygen atoms in total. The summed E-state index contributed by atoms with van der Waals surface area (Å²) in [5.41, 5.74) is 2.00. The fraction of sp³-hybridized carbons (Fsp3) is 0.353. The first-order valence-corrected chi connectivity index (χ1v) is 7.75. The van der Waals surface area contributed by atoms with Gasteiger partial charge < -0.3 is 20.1 Å². The SMILES string of the molecule is CCOC(=O)C1=C(COC(=O)c2ccc(CC)cc2)NC(=O)NC1. The number of carbonyl (C=O) groups is 3. The molecule has 0 aliphatic carbocycles. The number of benzene rings is 1. The molecule has 0 fully saturated rings. The second-order valence-electron chi connectivity index (χ2n) is 5.11. The van der Waals surface area contributed by atoms with E-state index in [1.165, 1.54) is 0 Å². The number of hydrogen-bond donors (Lipinski definition) is 2. The minimum Gasteiger partial charge on any atom is -0.463 e. The van der Waals surface area contributed by atoms with E-state index in [0.717, 1.165) is 12.0 Å². The summed E-state index contributed by atoms with van der Waals surface area (Å²) in [6.07, 6.45) is 0.879. The number of urea groups is 1. The number of ether oxygens (including phenoxy) is 2. The molecule has 0 radical (unpaired) electrons. The van der Waals surface area contributed by atoms with Crippen LogP contribution in [-0.4, -0.2) is 37.7 Å². The van der Waals surface area contributed by atoms with E-state index in [-0.39, 0.29) is 31.0 Å². The third-order valence-corrected chi connectivity index (χ3v) is 3.52. The van der Waals surface area contributed by atoms with Gasteiger partial charge in [-0.3, -0.25) is 0 Å². The Bertz CT molecular complexity index is 664. The van der Waals surface area contributed by atoms with Crippen LogP contribution in [0.2, 0.25) is 0 Å². The van der Waals surface area contributed by atoms with E-state index >= 15 is 0 Å². The predicted molar refractivity (Wildman–Crippen MR) is 86.3 cm³/mol. The Kier molecular flexibility index (Phi) is 5.95. The van der Waals surface area contributed by atoms with Gasteiger partial charge in [0, 0.05) is 0 Å². The van der Waals surface area contributed by atoms with Crippen LogP contribution in [0.25, 0.3) is 0 Å². The van der Waals surface area contributed by atoms with Crippen molar-refractivity contribution in [2.75, 3.05) is 19.8 Å². The Morgan fingerprint density at radius 3 is 2.42 bits per heavy atom. The van der Waals surface area contributed by atoms with Gasteiger partial charge >= 0.3 is 18.0 Å². The van der Waals surface area contributed by atoms with E-state index < -0.39 is 18.0 Å². The summed E-state index contributed by atoms with van der Waals surface area (Å²) >= 11 is 0. The first-order chi connectivity index (χ1) is 11.5. The van der Waals surface area contributed by atoms with Gasteiger partial charge in [0.25, 0.3) is 0 Å². The minimum atomic E-state index is -0.552. The summed E-state index contributed by atoms with van der Waals surface area (Å²) in [6.45, 7) is 3.75. The molecule has 1 aliphatic rings. The maximum atomic E-state index is 12.1. The maximum Gasteiger partial charge on any atom is 0.338 e. The summed E-state index contributed by atoms with van der Waals surface area (Å²) in [7, 11) is 0. The van der Waals surface area contributed by atoms with E-state index in [0.29, 0.717) is 5.56 Å². The van der Waals surface area contributed by atoms with Crippen molar-refractivity contribution in [3.05, 3.63) is 46.7 Å². The lowest BCUT2D eigenvalue weighted by Gasteiger charge is -2.21. The van der Waals surface area contributed by atoms with Gasteiger partial charge in [0.05, 0.1) is 30.0 Å². The highest BCUT2D eigenvalue weighted by molar-refractivity contribution is 5.94. The molecule has 2 N–H and O–H groups in total. The Balaban J connectivity index is 2.06. The van der Waals surface area contributed by atoms with Crippen molar-refractivity contribution < 1.29 is 23.9 Å². The molecule has 0 saturated carbocycles. The number of amides is 2. The molecule has 0 aromatic heterocycles. The van der Waals surface area contributed by atoms with E-state index in [1.807, 2.05) is 19.1 Å². The lowest BCUT2D eigenvalue weighted by Crippen LogP contribution is -2.45. The highest BCUT2D eigenvalue weighted by Crippen LogP contribution is 2.11. The lowest BCUT2D eigenvalue weighted by atomic mass is 10.1. The van der Waals surface area contributed by atoms with Crippen LogP contribution < -0.4 is 10.6 Å². The topological polar surface area (TPSA) is 93.7 Å². The van der Waals surface area contributed by atoms with Crippen molar-refractivity contribution in [3.63, 3.8) is 0 Å². The number of hydrogen-bond acceptors (Lipinski definition) is 5. The summed E-state index contributed by atoms with van der Waals surface area (Å²) in [5.74, 6) is -1.08. The highest BCUT2D eigenvalue weighted by Gasteiger charge is 2.24. The first-order valence-electron chi connectivity index (χ1n) is 7.75. The third-order valence-electron chi connectivity index (χ3n) is 3.52. The second-order valence-corrected chi connectivity index (χ2v) is 5.11. The summed E-state index contributed by atoms with van der Waals surface area (Å²) < 4.78 is 10.1. The molecule has 128 valence electrons. The first kappa shape index (κ1) is 17.5. The van der Waals surface area contributed by atoms with Gasteiger partial charge in [-0.2, -0.15) is 0 Å². The predicted octanol–water partition coefficient (Wildman–Crippen LogP) is 1.54. The Hall–Kier alpha value is -2.83. The lowest BCUT2D eigenvalue weighted by molar-refractivity contribution is -0.138. The van der Waals surface area contributed by atoms with Crippen molar-refractivity contribution >= 4 is 18.0 Å². The summed E-state index contributed by atoms with van der Waals surface area (Å²) in [4.78, 5) is 35.4. The van der Waals surface area contributed by atoms with Crippen molar-refractivity contribution in [3.8, 4) is 0 Å². The van der Waals surface area contributed by atoms with Crippen LogP contribution in [0, 0.1) is 0 Å². The molecule has 1 aliphatic heterocycles. The summed E-state index contributed by atoms with van der Waals surface area (Å²) in [6, 6.07) is 6.62. The molecule has 2 amide bonds. The number of rotatable bonds is 6. The van der Waals surface area contributed by atoms with E-state index in [1.54, 1.807) is 19.1 Å². The standard InChI is InChI=1S/C17H20N2O5/c1-3-11-5-7-12(8-6-11)15(20)24-10-14-13(16(21)23-4-2)9-18-17(22)19-14/h5-8H,3-4,9-10H2,1-2H3,(H2,18,19,22). The average Bonchev–Trinajstić information content (AvgIpc) is 2.60. The Morgan fingerprint density at radius 1 is 1.08 bits per heavy atom. The molecule has 0 saturated heterocycles. The van der Waals surface area contributed by atoms with Gasteiger partial charge in [-0.25, -0.2) is 14.4 Å². The van der Waals surface area contributed by atoms with Crippen molar-refractivity contribution in [2.45, 2.75) is 20.3 Å². The molecule has 1 aromatic rings. The Morgan fingerprint density at radius 2 is 1.79 bits per heavy atom. The fourth-order valence-electron chi connectivity index (χ4n) is 2.17. The largest absolute Gasteiger partial charge is 0.463 e. The maximum absolute atomic E-state index is 12.1. The molecular weight excluding hydrogens is 312 g/mol. The third kappa shape index (κ3) is 4.34. The van der Waals surface area contributed by atoms with Gasteiger partial charge in [-0.1, -0.05) is 19.1 Å². The van der Waals surface area contributed by atoms with Crippen molar-refractivity contribution in [1.82, 2.24) is 10.6 Å². The number of esters is 2. The van der Waals surface area contributed by atoms with Crippen LogP contribution in [0.4, 0.5) is 4.79 Å². The monoisotopic (exact) mass is 332 g/mol. The van der Waals surface area contributed by atoms with E-state index in [4.69, 9.17) is 9.47 Å². The quantitative estimate of drug-likeness (QED) is 0.771. The van der Waals surface area contributed by atoms with Crippen LogP contribution in [0.1, 0.15) is 29.8 Å². The summed E-state index contributed by atoms with van der Waals surface area (Å²) in [5, 5.41) is 4.97. The van der Waals surface area contributed by atoms with Crippen molar-refractivity contribution in [2.24, 2.45) is 0 Å². The van der Waals surface area contributed by atoms with Crippen LogP contribution in [-0.2, 0) is 20.7 Å². The fourth-order valence-corrected chi connectivity index (χ4v) is 2.17. The zero-order chi connectivity index (χ0) is 17.5. The minimum absolute atomic E-state index is 0.0305.